The third kappa shape index (κ3) is 6.28. The lowest BCUT2D eigenvalue weighted by Gasteiger charge is -2.27. The van der Waals surface area contributed by atoms with Crippen molar-refractivity contribution in [2.45, 2.75) is 52.7 Å². The topological polar surface area (TPSA) is 47.3 Å². The Morgan fingerprint density at radius 2 is 2.05 bits per heavy atom. The van der Waals surface area contributed by atoms with Gasteiger partial charge in [0, 0.05) is 5.02 Å². The largest absolute Gasteiger partial charge is 0.489 e. The summed E-state index contributed by atoms with van der Waals surface area (Å²) in [6.07, 6.45) is 2.05. The Morgan fingerprint density at radius 1 is 1.37 bits per heavy atom. The molecule has 0 aliphatic carbocycles. The maximum absolute atomic E-state index is 5.94. The minimum atomic E-state index is -0.00850. The van der Waals surface area contributed by atoms with Gasteiger partial charge in [-0.1, -0.05) is 38.4 Å². The standard InChI is InChI=1S/C15H25ClN2O/c1-11(14(18-17)8-9-15(2,3)4)19-13-7-5-6-12(16)10-13/h5-7,10-11,14,18H,8-9,17H2,1-4H3. The van der Waals surface area contributed by atoms with Crippen molar-refractivity contribution in [1.82, 2.24) is 5.43 Å². The molecule has 1 aromatic rings. The smallest absolute Gasteiger partial charge is 0.121 e. The molecule has 0 aliphatic heterocycles. The average molecular weight is 285 g/mol. The van der Waals surface area contributed by atoms with Crippen LogP contribution in [0.4, 0.5) is 0 Å². The first kappa shape index (κ1) is 16.3. The molecular weight excluding hydrogens is 260 g/mol. The maximum atomic E-state index is 5.94. The van der Waals surface area contributed by atoms with E-state index in [4.69, 9.17) is 22.2 Å². The first-order chi connectivity index (χ1) is 8.81. The van der Waals surface area contributed by atoms with Gasteiger partial charge in [-0.25, -0.2) is 0 Å². The SMILES string of the molecule is CC(Oc1cccc(Cl)c1)C(CCC(C)(C)C)NN. The highest BCUT2D eigenvalue weighted by Crippen LogP contribution is 2.24. The van der Waals surface area contributed by atoms with E-state index in [2.05, 4.69) is 26.2 Å². The van der Waals surface area contributed by atoms with Gasteiger partial charge in [0.2, 0.25) is 0 Å². The van der Waals surface area contributed by atoms with Crippen LogP contribution in [0.15, 0.2) is 24.3 Å². The predicted octanol–water partition coefficient (Wildman–Crippen LogP) is 3.77. The van der Waals surface area contributed by atoms with Crippen LogP contribution in [0.3, 0.4) is 0 Å². The third-order valence-electron chi connectivity index (χ3n) is 3.10. The molecule has 19 heavy (non-hydrogen) atoms. The van der Waals surface area contributed by atoms with Crippen molar-refractivity contribution in [2.24, 2.45) is 11.3 Å². The lowest BCUT2D eigenvalue weighted by Crippen LogP contribution is -2.45. The van der Waals surface area contributed by atoms with Crippen LogP contribution in [0.25, 0.3) is 0 Å². The van der Waals surface area contributed by atoms with E-state index in [1.165, 1.54) is 0 Å². The first-order valence-corrected chi connectivity index (χ1v) is 7.08. The monoisotopic (exact) mass is 284 g/mol. The second-order valence-electron chi connectivity index (χ2n) is 6.15. The van der Waals surface area contributed by atoms with E-state index in [0.29, 0.717) is 10.4 Å². The highest BCUT2D eigenvalue weighted by atomic mass is 35.5. The minimum Gasteiger partial charge on any atom is -0.489 e. The van der Waals surface area contributed by atoms with Crippen molar-refractivity contribution < 1.29 is 4.74 Å². The average Bonchev–Trinajstić information content (AvgIpc) is 2.28. The van der Waals surface area contributed by atoms with Gasteiger partial charge >= 0.3 is 0 Å². The molecule has 0 saturated heterocycles. The molecule has 3 nitrogen and oxygen atoms in total. The summed E-state index contributed by atoms with van der Waals surface area (Å²) in [4.78, 5) is 0. The fraction of sp³-hybridized carbons (Fsp3) is 0.600. The zero-order chi connectivity index (χ0) is 14.5. The van der Waals surface area contributed by atoms with E-state index >= 15 is 0 Å². The molecule has 0 fully saturated rings. The Hall–Kier alpha value is -0.770. The Balaban J connectivity index is 2.56. The number of ether oxygens (including phenoxy) is 1. The molecule has 4 heteroatoms. The van der Waals surface area contributed by atoms with Crippen molar-refractivity contribution in [3.8, 4) is 5.75 Å². The number of halogens is 1. The molecule has 3 N–H and O–H groups in total. The Kier molecular flexibility index (Phi) is 6.11. The normalized spacial score (nSPS) is 15.1. The first-order valence-electron chi connectivity index (χ1n) is 6.70. The van der Waals surface area contributed by atoms with Gasteiger partial charge in [0.1, 0.15) is 11.9 Å². The van der Waals surface area contributed by atoms with Gasteiger partial charge in [-0.05, 0) is 43.4 Å². The van der Waals surface area contributed by atoms with E-state index < -0.39 is 0 Å². The second-order valence-corrected chi connectivity index (χ2v) is 6.59. The van der Waals surface area contributed by atoms with Crippen LogP contribution in [-0.4, -0.2) is 12.1 Å². The van der Waals surface area contributed by atoms with E-state index in [0.717, 1.165) is 18.6 Å². The molecule has 0 saturated carbocycles. The third-order valence-corrected chi connectivity index (χ3v) is 3.34. The number of hydrogen-bond acceptors (Lipinski definition) is 3. The molecule has 2 unspecified atom stereocenters. The van der Waals surface area contributed by atoms with Crippen LogP contribution in [0, 0.1) is 5.41 Å². The lowest BCUT2D eigenvalue weighted by atomic mass is 9.88. The van der Waals surface area contributed by atoms with E-state index in [1.807, 2.05) is 31.2 Å². The van der Waals surface area contributed by atoms with Crippen LogP contribution in [0.1, 0.15) is 40.5 Å². The van der Waals surface area contributed by atoms with Gasteiger partial charge in [-0.2, -0.15) is 0 Å². The Bertz CT molecular complexity index is 390. The van der Waals surface area contributed by atoms with Crippen LogP contribution in [-0.2, 0) is 0 Å². The summed E-state index contributed by atoms with van der Waals surface area (Å²) in [6.45, 7) is 8.70. The summed E-state index contributed by atoms with van der Waals surface area (Å²) < 4.78 is 5.89. The molecule has 1 aromatic carbocycles. The molecule has 0 heterocycles. The van der Waals surface area contributed by atoms with Crippen LogP contribution in [0.5, 0.6) is 5.75 Å². The van der Waals surface area contributed by atoms with E-state index in [9.17, 15) is 0 Å². The van der Waals surface area contributed by atoms with Gasteiger partial charge in [-0.3, -0.25) is 11.3 Å². The van der Waals surface area contributed by atoms with Gasteiger partial charge < -0.3 is 4.74 Å². The highest BCUT2D eigenvalue weighted by molar-refractivity contribution is 6.30. The molecule has 0 aliphatic rings. The molecule has 0 radical (unpaired) electrons. The van der Waals surface area contributed by atoms with Crippen molar-refractivity contribution in [3.05, 3.63) is 29.3 Å². The summed E-state index contributed by atoms with van der Waals surface area (Å²) in [5.41, 5.74) is 3.15. The molecule has 108 valence electrons. The van der Waals surface area contributed by atoms with Crippen molar-refractivity contribution in [1.29, 1.82) is 0 Å². The quantitative estimate of drug-likeness (QED) is 0.617. The fourth-order valence-corrected chi connectivity index (χ4v) is 2.06. The number of rotatable bonds is 6. The van der Waals surface area contributed by atoms with Gasteiger partial charge in [-0.15, -0.1) is 0 Å². The van der Waals surface area contributed by atoms with Crippen LogP contribution < -0.4 is 16.0 Å². The van der Waals surface area contributed by atoms with Crippen LogP contribution in [0.2, 0.25) is 5.02 Å². The number of nitrogens with two attached hydrogens (primary N) is 1. The molecule has 0 amide bonds. The molecule has 0 spiro atoms. The maximum Gasteiger partial charge on any atom is 0.121 e. The minimum absolute atomic E-state index is 0.00850. The van der Waals surface area contributed by atoms with Gasteiger partial charge in [0.25, 0.3) is 0 Å². The zero-order valence-corrected chi connectivity index (χ0v) is 13.0. The van der Waals surface area contributed by atoms with E-state index in [-0.39, 0.29) is 12.1 Å². The number of hydrazine groups is 1. The summed E-state index contributed by atoms with van der Waals surface area (Å²) in [5, 5.41) is 0.677. The number of benzene rings is 1. The summed E-state index contributed by atoms with van der Waals surface area (Å²) in [6, 6.07) is 7.55. The highest BCUT2D eigenvalue weighted by Gasteiger charge is 2.20. The van der Waals surface area contributed by atoms with Crippen LogP contribution >= 0.6 is 11.6 Å². The fourth-order valence-electron chi connectivity index (χ4n) is 1.88. The summed E-state index contributed by atoms with van der Waals surface area (Å²) in [5.74, 6) is 6.40. The zero-order valence-electron chi connectivity index (χ0n) is 12.2. The number of hydrogen-bond donors (Lipinski definition) is 2. The summed E-state index contributed by atoms with van der Waals surface area (Å²) >= 11 is 5.94. The predicted molar refractivity (Wildman–Crippen MR) is 81.3 cm³/mol. The summed E-state index contributed by atoms with van der Waals surface area (Å²) in [7, 11) is 0. The lowest BCUT2D eigenvalue weighted by molar-refractivity contribution is 0.155. The molecule has 0 bridgehead atoms. The molecule has 1 rings (SSSR count). The Labute approximate surface area is 121 Å². The van der Waals surface area contributed by atoms with Crippen molar-refractivity contribution in [3.63, 3.8) is 0 Å². The molecular formula is C15H25ClN2O. The number of nitrogens with one attached hydrogen (secondary N) is 1. The van der Waals surface area contributed by atoms with Gasteiger partial charge in [0.15, 0.2) is 0 Å². The second kappa shape index (κ2) is 7.13. The van der Waals surface area contributed by atoms with Crippen molar-refractivity contribution >= 4 is 11.6 Å². The molecule has 2 atom stereocenters. The Morgan fingerprint density at radius 3 is 2.58 bits per heavy atom. The van der Waals surface area contributed by atoms with Gasteiger partial charge in [0.05, 0.1) is 6.04 Å². The molecule has 0 aromatic heterocycles. The van der Waals surface area contributed by atoms with Crippen molar-refractivity contribution in [2.75, 3.05) is 0 Å². The van der Waals surface area contributed by atoms with E-state index in [1.54, 1.807) is 0 Å².